The van der Waals surface area contributed by atoms with Crippen LogP contribution in [0.4, 0.5) is 0 Å². The fourth-order valence-electron chi connectivity index (χ4n) is 5.15. The van der Waals surface area contributed by atoms with Crippen LogP contribution in [0.15, 0.2) is 70.4 Å². The molecule has 0 saturated carbocycles. The minimum absolute atomic E-state index is 0.160. The van der Waals surface area contributed by atoms with Gasteiger partial charge in [-0.1, -0.05) is 24.3 Å². The number of aromatic nitrogens is 1. The summed E-state index contributed by atoms with van der Waals surface area (Å²) in [5.41, 5.74) is 4.49. The number of hydrogen-bond acceptors (Lipinski definition) is 4. The van der Waals surface area contributed by atoms with Gasteiger partial charge in [0, 0.05) is 48.2 Å². The standard InChI is InChI=1S/C26H28N2O2S/c1-30-22-7-3-18(4-8-22)14-27-15-19-13-21(17-27)25-12-11-24(26(29)28(25)16-19)20-5-9-23(31-2)10-6-20/h3-12,19,21H,13-17H2,1-2H3/t19-,21-/m1/s1. The van der Waals surface area contributed by atoms with Crippen LogP contribution in [0.3, 0.4) is 0 Å². The van der Waals surface area contributed by atoms with E-state index in [2.05, 4.69) is 58.2 Å². The van der Waals surface area contributed by atoms with Crippen LogP contribution in [-0.4, -0.2) is 35.9 Å². The number of thioether (sulfide) groups is 1. The number of pyridine rings is 1. The molecule has 5 heteroatoms. The van der Waals surface area contributed by atoms with E-state index >= 15 is 0 Å². The lowest BCUT2D eigenvalue weighted by Crippen LogP contribution is -2.46. The van der Waals surface area contributed by atoms with Crippen LogP contribution in [0.2, 0.25) is 0 Å². The highest BCUT2D eigenvalue weighted by Gasteiger charge is 2.34. The molecule has 0 unspecified atom stereocenters. The molecule has 0 N–H and O–H groups in total. The number of nitrogens with zero attached hydrogens (tertiary/aromatic N) is 2. The monoisotopic (exact) mass is 432 g/mol. The summed E-state index contributed by atoms with van der Waals surface area (Å²) in [5.74, 6) is 1.84. The molecule has 31 heavy (non-hydrogen) atoms. The quantitative estimate of drug-likeness (QED) is 0.539. The third kappa shape index (κ3) is 4.04. The van der Waals surface area contributed by atoms with Crippen molar-refractivity contribution in [3.8, 4) is 16.9 Å². The summed E-state index contributed by atoms with van der Waals surface area (Å²) in [6.07, 6.45) is 3.25. The molecule has 0 spiro atoms. The number of rotatable bonds is 5. The maximum absolute atomic E-state index is 13.4. The molecule has 1 aromatic heterocycles. The number of ether oxygens (including phenoxy) is 1. The van der Waals surface area contributed by atoms with Crippen molar-refractivity contribution in [1.82, 2.24) is 9.47 Å². The van der Waals surface area contributed by atoms with Crippen molar-refractivity contribution in [2.75, 3.05) is 26.5 Å². The molecule has 4 nitrogen and oxygen atoms in total. The summed E-state index contributed by atoms with van der Waals surface area (Å²) in [5, 5.41) is 0. The van der Waals surface area contributed by atoms with Gasteiger partial charge >= 0.3 is 0 Å². The topological polar surface area (TPSA) is 34.5 Å². The molecule has 0 radical (unpaired) electrons. The molecule has 2 atom stereocenters. The number of benzene rings is 2. The van der Waals surface area contributed by atoms with E-state index < -0.39 is 0 Å². The maximum atomic E-state index is 13.4. The number of fused-ring (bicyclic) bond motifs is 4. The van der Waals surface area contributed by atoms with Gasteiger partial charge in [-0.25, -0.2) is 0 Å². The molecule has 0 aliphatic carbocycles. The van der Waals surface area contributed by atoms with Crippen molar-refractivity contribution in [3.63, 3.8) is 0 Å². The Kier molecular flexibility index (Phi) is 5.63. The molecular weight excluding hydrogens is 404 g/mol. The van der Waals surface area contributed by atoms with Gasteiger partial charge in [0.05, 0.1) is 7.11 Å². The zero-order chi connectivity index (χ0) is 21.4. The zero-order valence-corrected chi connectivity index (χ0v) is 18.9. The van der Waals surface area contributed by atoms with Crippen molar-refractivity contribution >= 4 is 11.8 Å². The van der Waals surface area contributed by atoms with E-state index in [0.29, 0.717) is 11.8 Å². The number of methoxy groups -OCH3 is 1. The summed E-state index contributed by atoms with van der Waals surface area (Å²) >= 11 is 1.72. The SMILES string of the molecule is COc1ccc(CN2C[C@H]3C[C@H](C2)c2ccc(-c4ccc(SC)cc4)c(=O)n2C3)cc1. The first kappa shape index (κ1) is 20.4. The van der Waals surface area contributed by atoms with Gasteiger partial charge in [-0.05, 0) is 66.1 Å². The van der Waals surface area contributed by atoms with E-state index in [1.54, 1.807) is 18.9 Å². The van der Waals surface area contributed by atoms with Crippen molar-refractivity contribution in [2.45, 2.75) is 30.3 Å². The molecule has 1 saturated heterocycles. The Morgan fingerprint density at radius 1 is 0.968 bits per heavy atom. The number of piperidine rings is 1. The lowest BCUT2D eigenvalue weighted by Gasteiger charge is -2.43. The first-order valence-corrected chi connectivity index (χ1v) is 12.1. The van der Waals surface area contributed by atoms with Gasteiger partial charge in [0.25, 0.3) is 5.56 Å². The summed E-state index contributed by atoms with van der Waals surface area (Å²) in [7, 11) is 1.70. The fourth-order valence-corrected chi connectivity index (χ4v) is 5.56. The molecule has 1 fully saturated rings. The van der Waals surface area contributed by atoms with Gasteiger partial charge in [-0.2, -0.15) is 0 Å². The van der Waals surface area contributed by atoms with E-state index in [1.807, 2.05) is 18.2 Å². The molecule has 2 aromatic carbocycles. The van der Waals surface area contributed by atoms with Crippen LogP contribution >= 0.6 is 11.8 Å². The predicted molar refractivity (Wildman–Crippen MR) is 127 cm³/mol. The molecule has 0 amide bonds. The third-order valence-corrected chi connectivity index (χ3v) is 7.39. The normalized spacial score (nSPS) is 20.3. The summed E-state index contributed by atoms with van der Waals surface area (Å²) < 4.78 is 7.33. The molecule has 160 valence electrons. The highest BCUT2D eigenvalue weighted by atomic mass is 32.2. The molecular formula is C26H28N2O2S. The Morgan fingerprint density at radius 2 is 1.74 bits per heavy atom. The smallest absolute Gasteiger partial charge is 0.258 e. The van der Waals surface area contributed by atoms with Gasteiger partial charge < -0.3 is 9.30 Å². The van der Waals surface area contributed by atoms with Crippen molar-refractivity contribution < 1.29 is 4.74 Å². The molecule has 2 aliphatic heterocycles. The fraction of sp³-hybridized carbons (Fsp3) is 0.346. The summed E-state index contributed by atoms with van der Waals surface area (Å²) in [4.78, 5) is 17.1. The van der Waals surface area contributed by atoms with Crippen LogP contribution in [0.1, 0.15) is 23.6 Å². The average molecular weight is 433 g/mol. The lowest BCUT2D eigenvalue weighted by atomic mass is 9.82. The highest BCUT2D eigenvalue weighted by Crippen LogP contribution is 2.36. The van der Waals surface area contributed by atoms with Crippen LogP contribution in [0, 0.1) is 5.92 Å². The van der Waals surface area contributed by atoms with Crippen molar-refractivity contribution in [2.24, 2.45) is 5.92 Å². The van der Waals surface area contributed by atoms with Crippen molar-refractivity contribution in [1.29, 1.82) is 0 Å². The highest BCUT2D eigenvalue weighted by molar-refractivity contribution is 7.98. The molecule has 2 aliphatic rings. The summed E-state index contributed by atoms with van der Waals surface area (Å²) in [6, 6.07) is 20.9. The predicted octanol–water partition coefficient (Wildman–Crippen LogP) is 4.87. The summed E-state index contributed by atoms with van der Waals surface area (Å²) in [6.45, 7) is 3.81. The minimum Gasteiger partial charge on any atom is -0.497 e. The second kappa shape index (κ2) is 8.56. The Hall–Kier alpha value is -2.50. The molecule has 3 heterocycles. The second-order valence-electron chi connectivity index (χ2n) is 8.66. The Bertz CT molecular complexity index is 1120. The number of hydrogen-bond donors (Lipinski definition) is 0. The van der Waals surface area contributed by atoms with Crippen LogP contribution < -0.4 is 10.3 Å². The van der Waals surface area contributed by atoms with E-state index in [9.17, 15) is 4.79 Å². The van der Waals surface area contributed by atoms with Crippen LogP contribution in [0.25, 0.3) is 11.1 Å². The first-order chi connectivity index (χ1) is 15.1. The lowest BCUT2D eigenvalue weighted by molar-refractivity contribution is 0.114. The van der Waals surface area contributed by atoms with Gasteiger partial charge in [-0.15, -0.1) is 11.8 Å². The van der Waals surface area contributed by atoms with Crippen molar-refractivity contribution in [3.05, 3.63) is 82.3 Å². The van der Waals surface area contributed by atoms with E-state index in [1.165, 1.54) is 22.6 Å². The largest absolute Gasteiger partial charge is 0.497 e. The maximum Gasteiger partial charge on any atom is 0.258 e. The van der Waals surface area contributed by atoms with Gasteiger partial charge in [0.15, 0.2) is 0 Å². The third-order valence-electron chi connectivity index (χ3n) is 6.65. The van der Waals surface area contributed by atoms with E-state index in [0.717, 1.165) is 43.1 Å². The second-order valence-corrected chi connectivity index (χ2v) is 9.54. The Labute approximate surface area is 187 Å². The van der Waals surface area contributed by atoms with Gasteiger partial charge in [0.2, 0.25) is 0 Å². The Balaban J connectivity index is 1.38. The average Bonchev–Trinajstić information content (AvgIpc) is 2.80. The first-order valence-electron chi connectivity index (χ1n) is 10.9. The minimum atomic E-state index is 0.160. The zero-order valence-electron chi connectivity index (χ0n) is 18.1. The number of likely N-dealkylation sites (tertiary alicyclic amines) is 1. The van der Waals surface area contributed by atoms with Crippen LogP contribution in [0.5, 0.6) is 5.75 Å². The van der Waals surface area contributed by atoms with E-state index in [4.69, 9.17) is 4.74 Å². The van der Waals surface area contributed by atoms with E-state index in [-0.39, 0.29) is 5.56 Å². The van der Waals surface area contributed by atoms with Gasteiger partial charge in [0.1, 0.15) is 5.75 Å². The molecule has 2 bridgehead atoms. The van der Waals surface area contributed by atoms with Crippen LogP contribution in [-0.2, 0) is 13.1 Å². The molecule has 3 aromatic rings. The Morgan fingerprint density at radius 3 is 2.45 bits per heavy atom. The van der Waals surface area contributed by atoms with Gasteiger partial charge in [-0.3, -0.25) is 9.69 Å². The molecule has 5 rings (SSSR count).